The molecule has 25 heavy (non-hydrogen) atoms. The fraction of sp³-hybridized carbons (Fsp3) is 0.278. The van der Waals surface area contributed by atoms with E-state index in [1.54, 1.807) is 13.1 Å². The van der Waals surface area contributed by atoms with Crippen LogP contribution in [0.15, 0.2) is 41.1 Å². The summed E-state index contributed by atoms with van der Waals surface area (Å²) in [6.45, 7) is 2.11. The van der Waals surface area contributed by atoms with E-state index in [2.05, 4.69) is 15.5 Å². The molecule has 1 amide bonds. The van der Waals surface area contributed by atoms with Crippen molar-refractivity contribution in [2.45, 2.75) is 13.5 Å². The molecule has 7 nitrogen and oxygen atoms in total. The van der Waals surface area contributed by atoms with Crippen molar-refractivity contribution in [2.24, 2.45) is 7.05 Å². The summed E-state index contributed by atoms with van der Waals surface area (Å²) in [6, 6.07) is 9.52. The lowest BCUT2D eigenvalue weighted by Gasteiger charge is -2.13. The number of carbonyl (C=O) groups excluding carboxylic acids is 1. The third kappa shape index (κ3) is 3.26. The van der Waals surface area contributed by atoms with Gasteiger partial charge in [0.2, 0.25) is 5.95 Å². The summed E-state index contributed by atoms with van der Waals surface area (Å²) in [4.78, 5) is 19.0. The highest BCUT2D eigenvalue weighted by molar-refractivity contribution is 6.00. The molecule has 0 aliphatic carbocycles. The zero-order valence-electron chi connectivity index (χ0n) is 14.8. The largest absolute Gasteiger partial charge is 0.360 e. The summed E-state index contributed by atoms with van der Waals surface area (Å²) in [5, 5.41) is 6.97. The van der Waals surface area contributed by atoms with Gasteiger partial charge in [0, 0.05) is 26.7 Å². The van der Waals surface area contributed by atoms with Crippen molar-refractivity contribution in [2.75, 3.05) is 19.0 Å². The van der Waals surface area contributed by atoms with Gasteiger partial charge in [0.25, 0.3) is 5.91 Å². The van der Waals surface area contributed by atoms with Crippen molar-refractivity contribution in [3.8, 4) is 11.3 Å². The van der Waals surface area contributed by atoms with E-state index in [1.807, 2.05) is 60.9 Å². The van der Waals surface area contributed by atoms with Crippen molar-refractivity contribution in [1.82, 2.24) is 20.0 Å². The molecule has 0 fully saturated rings. The monoisotopic (exact) mass is 339 g/mol. The first-order chi connectivity index (χ1) is 12.0. The second-order valence-electron chi connectivity index (χ2n) is 6.01. The molecule has 2 heterocycles. The molecule has 0 atom stereocenters. The molecule has 0 aliphatic heterocycles. The first-order valence-corrected chi connectivity index (χ1v) is 7.97. The molecule has 0 aliphatic rings. The topological polar surface area (TPSA) is 76.2 Å². The number of nitrogens with one attached hydrogen (secondary N) is 1. The summed E-state index contributed by atoms with van der Waals surface area (Å²) in [7, 11) is 5.78. The van der Waals surface area contributed by atoms with E-state index in [0.717, 1.165) is 17.2 Å². The molecule has 0 saturated carbocycles. The van der Waals surface area contributed by atoms with Crippen LogP contribution in [0.1, 0.15) is 21.8 Å². The molecule has 0 radical (unpaired) electrons. The van der Waals surface area contributed by atoms with Crippen LogP contribution in [-0.4, -0.2) is 34.7 Å². The minimum absolute atomic E-state index is 0.217. The highest BCUT2D eigenvalue weighted by atomic mass is 16.5. The Kier molecular flexibility index (Phi) is 4.56. The first-order valence-electron chi connectivity index (χ1n) is 7.97. The lowest BCUT2D eigenvalue weighted by molar-refractivity contribution is 0.0949. The van der Waals surface area contributed by atoms with Crippen molar-refractivity contribution in [1.29, 1.82) is 0 Å². The predicted octanol–water partition coefficient (Wildman–Crippen LogP) is 2.38. The van der Waals surface area contributed by atoms with Gasteiger partial charge in [-0.1, -0.05) is 35.5 Å². The van der Waals surface area contributed by atoms with Crippen LogP contribution >= 0.6 is 0 Å². The van der Waals surface area contributed by atoms with Crippen LogP contribution in [0.25, 0.3) is 11.3 Å². The van der Waals surface area contributed by atoms with E-state index in [1.165, 1.54) is 0 Å². The number of aryl methyl sites for hydroxylation is 1. The Labute approximate surface area is 146 Å². The second kappa shape index (κ2) is 6.80. The number of carbonyl (C=O) groups is 1. The number of amides is 1. The van der Waals surface area contributed by atoms with Gasteiger partial charge in [-0.15, -0.1) is 0 Å². The maximum Gasteiger partial charge on any atom is 0.257 e. The number of nitrogens with zero attached hydrogens (tertiary/aromatic N) is 4. The Bertz CT molecular complexity index is 880. The Morgan fingerprint density at radius 3 is 2.64 bits per heavy atom. The Hall–Kier alpha value is -3.09. The van der Waals surface area contributed by atoms with Crippen LogP contribution in [-0.2, 0) is 13.6 Å². The van der Waals surface area contributed by atoms with E-state index < -0.39 is 0 Å². The van der Waals surface area contributed by atoms with Gasteiger partial charge in [0.1, 0.15) is 17.0 Å². The molecule has 1 N–H and O–H groups in total. The molecule has 130 valence electrons. The predicted molar refractivity (Wildman–Crippen MR) is 95.4 cm³/mol. The molecule has 1 aromatic carbocycles. The summed E-state index contributed by atoms with van der Waals surface area (Å²) in [5.74, 6) is 1.11. The highest BCUT2D eigenvalue weighted by Gasteiger charge is 2.21. The second-order valence-corrected chi connectivity index (χ2v) is 6.01. The average molecular weight is 339 g/mol. The lowest BCUT2D eigenvalue weighted by Crippen LogP contribution is -2.25. The van der Waals surface area contributed by atoms with Gasteiger partial charge in [-0.3, -0.25) is 4.79 Å². The molecule has 0 saturated heterocycles. The molecular weight excluding hydrogens is 318 g/mol. The molecule has 3 aromatic rings. The van der Waals surface area contributed by atoms with Crippen molar-refractivity contribution in [3.63, 3.8) is 0 Å². The van der Waals surface area contributed by atoms with E-state index in [-0.39, 0.29) is 5.91 Å². The summed E-state index contributed by atoms with van der Waals surface area (Å²) in [6.07, 6.45) is 1.76. The fourth-order valence-corrected chi connectivity index (χ4v) is 2.71. The van der Waals surface area contributed by atoms with Crippen molar-refractivity contribution in [3.05, 3.63) is 53.5 Å². The number of aromatic nitrogens is 3. The van der Waals surface area contributed by atoms with Crippen molar-refractivity contribution >= 4 is 11.9 Å². The third-order valence-corrected chi connectivity index (χ3v) is 4.03. The Balaban J connectivity index is 1.80. The summed E-state index contributed by atoms with van der Waals surface area (Å²) in [5.41, 5.74) is 2.77. The molecular formula is C18H21N5O2. The standard InChI is InChI=1S/C18H21N5O2/c1-12-15(16(21-25-12)13-8-6-5-7-9-13)17(24)19-10-14-11-20-18(22(2)3)23(14)4/h5-9,11H,10H2,1-4H3,(H,19,24). The number of hydrogen-bond acceptors (Lipinski definition) is 5. The minimum atomic E-state index is -0.217. The van der Waals surface area contributed by atoms with Gasteiger partial charge in [-0.05, 0) is 6.92 Å². The summed E-state index contributed by atoms with van der Waals surface area (Å²) >= 11 is 0. The normalized spacial score (nSPS) is 10.7. The lowest BCUT2D eigenvalue weighted by atomic mass is 10.1. The number of anilines is 1. The first kappa shape index (κ1) is 16.8. The van der Waals surface area contributed by atoms with Crippen LogP contribution in [0.5, 0.6) is 0 Å². The molecule has 7 heteroatoms. The van der Waals surface area contributed by atoms with E-state index in [9.17, 15) is 4.79 Å². The van der Waals surface area contributed by atoms with Crippen LogP contribution in [0, 0.1) is 6.92 Å². The zero-order valence-corrected chi connectivity index (χ0v) is 14.8. The van der Waals surface area contributed by atoms with Crippen LogP contribution in [0.2, 0.25) is 0 Å². The van der Waals surface area contributed by atoms with Gasteiger partial charge >= 0.3 is 0 Å². The highest BCUT2D eigenvalue weighted by Crippen LogP contribution is 2.25. The fourth-order valence-electron chi connectivity index (χ4n) is 2.71. The SMILES string of the molecule is Cc1onc(-c2ccccc2)c1C(=O)NCc1cnc(N(C)C)n1C. The zero-order chi connectivity index (χ0) is 18.0. The quantitative estimate of drug-likeness (QED) is 0.772. The number of rotatable bonds is 5. The van der Waals surface area contributed by atoms with Gasteiger partial charge in [-0.2, -0.15) is 0 Å². The van der Waals surface area contributed by atoms with E-state index in [0.29, 0.717) is 23.6 Å². The third-order valence-electron chi connectivity index (χ3n) is 4.03. The van der Waals surface area contributed by atoms with Crippen LogP contribution in [0.3, 0.4) is 0 Å². The maximum atomic E-state index is 12.7. The smallest absolute Gasteiger partial charge is 0.257 e. The Morgan fingerprint density at radius 2 is 2.00 bits per heavy atom. The van der Waals surface area contributed by atoms with Gasteiger partial charge < -0.3 is 19.3 Å². The molecule has 0 spiro atoms. The van der Waals surface area contributed by atoms with Crippen molar-refractivity contribution < 1.29 is 9.32 Å². The van der Waals surface area contributed by atoms with Crippen LogP contribution in [0.4, 0.5) is 5.95 Å². The summed E-state index contributed by atoms with van der Waals surface area (Å²) < 4.78 is 7.19. The average Bonchev–Trinajstić information content (AvgIpc) is 3.16. The molecule has 0 unspecified atom stereocenters. The Morgan fingerprint density at radius 1 is 1.28 bits per heavy atom. The van der Waals surface area contributed by atoms with E-state index in [4.69, 9.17) is 4.52 Å². The number of imidazole rings is 1. The minimum Gasteiger partial charge on any atom is -0.360 e. The molecule has 0 bridgehead atoms. The number of hydrogen-bond donors (Lipinski definition) is 1. The molecule has 2 aromatic heterocycles. The van der Waals surface area contributed by atoms with Crippen LogP contribution < -0.4 is 10.2 Å². The number of benzene rings is 1. The maximum absolute atomic E-state index is 12.7. The molecule has 3 rings (SSSR count). The van der Waals surface area contributed by atoms with Gasteiger partial charge in [-0.25, -0.2) is 4.98 Å². The van der Waals surface area contributed by atoms with Gasteiger partial charge in [0.15, 0.2) is 0 Å². The van der Waals surface area contributed by atoms with E-state index >= 15 is 0 Å². The van der Waals surface area contributed by atoms with Gasteiger partial charge in [0.05, 0.1) is 18.4 Å².